The van der Waals surface area contributed by atoms with Gasteiger partial charge in [-0.25, -0.2) is 4.79 Å². The first-order chi connectivity index (χ1) is 19.8. The van der Waals surface area contributed by atoms with Crippen LogP contribution in [0.2, 0.25) is 0 Å². The molecule has 0 bridgehead atoms. The maximum Gasteiger partial charge on any atom is 0.345 e. The Balaban J connectivity index is 1.67. The highest BCUT2D eigenvalue weighted by Crippen LogP contribution is 2.33. The van der Waals surface area contributed by atoms with Gasteiger partial charge in [0, 0.05) is 42.0 Å². The van der Waals surface area contributed by atoms with Crippen molar-refractivity contribution in [2.45, 2.75) is 16.2 Å². The molecule has 0 radical (unpaired) electrons. The van der Waals surface area contributed by atoms with Gasteiger partial charge in [-0.15, -0.1) is 0 Å². The third-order valence-electron chi connectivity index (χ3n) is 5.92. The van der Waals surface area contributed by atoms with Crippen LogP contribution in [0.15, 0.2) is 76.7 Å². The van der Waals surface area contributed by atoms with Crippen molar-refractivity contribution in [1.82, 2.24) is 30.3 Å². The first-order valence-electron chi connectivity index (χ1n) is 12.6. The van der Waals surface area contributed by atoms with Crippen LogP contribution in [0.1, 0.15) is 28.2 Å². The molecule has 0 unspecified atom stereocenters. The Morgan fingerprint density at radius 1 is 1.05 bits per heavy atom. The van der Waals surface area contributed by atoms with E-state index in [-0.39, 0.29) is 25.4 Å². The number of nitrogens with zero attached hydrogens (tertiary/aromatic N) is 4. The molecule has 4 aromatic rings. The number of hydrogen-bond donors (Lipinski definition) is 3. The Labute approximate surface area is 240 Å². The van der Waals surface area contributed by atoms with Crippen LogP contribution < -0.4 is 10.6 Å². The van der Waals surface area contributed by atoms with Gasteiger partial charge in [0.05, 0.1) is 28.9 Å². The Morgan fingerprint density at radius 2 is 1.83 bits per heavy atom. The van der Waals surface area contributed by atoms with Crippen molar-refractivity contribution < 1.29 is 24.3 Å². The van der Waals surface area contributed by atoms with Gasteiger partial charge < -0.3 is 20.6 Å². The third-order valence-corrected chi connectivity index (χ3v) is 6.98. The topological polar surface area (TPSA) is 147 Å². The van der Waals surface area contributed by atoms with Crippen LogP contribution in [-0.2, 0) is 9.59 Å². The van der Waals surface area contributed by atoms with Crippen LogP contribution in [0.5, 0.6) is 0 Å². The molecule has 3 N–H and O–H groups in total. The number of rotatable bonds is 10. The minimum Gasteiger partial charge on any atom is -0.481 e. The molecule has 0 spiro atoms. The molecule has 11 nitrogen and oxygen atoms in total. The number of nitrogens with one attached hydrogen (secondary N) is 2. The Bertz CT molecular complexity index is 1620. The van der Waals surface area contributed by atoms with Gasteiger partial charge in [-0.3, -0.25) is 19.4 Å². The summed E-state index contributed by atoms with van der Waals surface area (Å²) in [7, 11) is 3.04. The van der Waals surface area contributed by atoms with E-state index in [2.05, 4.69) is 20.7 Å². The zero-order valence-electron chi connectivity index (χ0n) is 22.4. The van der Waals surface area contributed by atoms with Crippen LogP contribution in [0.25, 0.3) is 23.1 Å². The third kappa shape index (κ3) is 7.37. The summed E-state index contributed by atoms with van der Waals surface area (Å²) >= 11 is 1.38. The van der Waals surface area contributed by atoms with E-state index in [0.29, 0.717) is 22.2 Å². The largest absolute Gasteiger partial charge is 0.481 e. The maximum atomic E-state index is 13.5. The zero-order valence-corrected chi connectivity index (χ0v) is 23.2. The highest BCUT2D eigenvalue weighted by atomic mass is 32.2. The van der Waals surface area contributed by atoms with E-state index < -0.39 is 17.9 Å². The molecule has 0 saturated heterocycles. The molecule has 0 saturated carbocycles. The second kappa shape index (κ2) is 13.4. The van der Waals surface area contributed by atoms with Gasteiger partial charge in [0.1, 0.15) is 6.54 Å². The van der Waals surface area contributed by atoms with E-state index in [1.54, 1.807) is 37.5 Å². The summed E-state index contributed by atoms with van der Waals surface area (Å²) in [5.74, 6) is -1.73. The minimum absolute atomic E-state index is 0.0402. The average molecular weight is 573 g/mol. The number of aliphatic carboxylic acids is 1. The zero-order chi connectivity index (χ0) is 29.4. The summed E-state index contributed by atoms with van der Waals surface area (Å²) in [6, 6.07) is 17.8. The number of aromatic nitrogens is 3. The molecule has 41 heavy (non-hydrogen) atoms. The second-order valence-corrected chi connectivity index (χ2v) is 9.99. The number of carbonyl (C=O) groups excluding carboxylic acids is 3. The van der Waals surface area contributed by atoms with Gasteiger partial charge >= 0.3 is 12.0 Å². The predicted octanol–water partition coefficient (Wildman–Crippen LogP) is 3.60. The lowest BCUT2D eigenvalue weighted by Crippen LogP contribution is -2.41. The summed E-state index contributed by atoms with van der Waals surface area (Å²) in [4.78, 5) is 55.9. The highest BCUT2D eigenvalue weighted by molar-refractivity contribution is 7.99. The highest BCUT2D eigenvalue weighted by Gasteiger charge is 2.21. The monoisotopic (exact) mass is 572 g/mol. The van der Waals surface area contributed by atoms with Crippen LogP contribution in [-0.4, -0.2) is 75.8 Å². The number of amides is 3. The first-order valence-corrected chi connectivity index (χ1v) is 13.4. The lowest BCUT2D eigenvalue weighted by molar-refractivity contribution is -0.136. The number of hydrogen-bond acceptors (Lipinski definition) is 7. The molecule has 0 aliphatic rings. The van der Waals surface area contributed by atoms with Crippen molar-refractivity contribution in [3.63, 3.8) is 0 Å². The second-order valence-electron chi connectivity index (χ2n) is 8.87. The number of likely N-dealkylation sites (N-methyl/N-ethyl adjacent to an activating group) is 1. The van der Waals surface area contributed by atoms with Crippen molar-refractivity contribution in [3.05, 3.63) is 83.8 Å². The lowest BCUT2D eigenvalue weighted by atomic mass is 10.2. The summed E-state index contributed by atoms with van der Waals surface area (Å²) in [6.07, 6.45) is 5.01. The van der Waals surface area contributed by atoms with Crippen molar-refractivity contribution in [1.29, 1.82) is 0 Å². The van der Waals surface area contributed by atoms with E-state index in [9.17, 15) is 19.2 Å². The van der Waals surface area contributed by atoms with Gasteiger partial charge in [0.2, 0.25) is 5.91 Å². The molecule has 2 heterocycles. The van der Waals surface area contributed by atoms with Gasteiger partial charge in [-0.05, 0) is 54.6 Å². The smallest absolute Gasteiger partial charge is 0.345 e. The molecular weight excluding hydrogens is 544 g/mol. The van der Waals surface area contributed by atoms with E-state index >= 15 is 0 Å². The Morgan fingerprint density at radius 3 is 2.56 bits per heavy atom. The molecule has 0 aliphatic heterocycles. The van der Waals surface area contributed by atoms with Crippen molar-refractivity contribution in [2.75, 3.05) is 27.2 Å². The van der Waals surface area contributed by atoms with E-state index in [1.807, 2.05) is 48.5 Å². The molecule has 4 rings (SSSR count). The molecule has 0 fully saturated rings. The van der Waals surface area contributed by atoms with Gasteiger partial charge in [-0.2, -0.15) is 9.78 Å². The molecular formula is C29H28N6O5S. The predicted molar refractivity (Wildman–Crippen MR) is 156 cm³/mol. The maximum absolute atomic E-state index is 13.5. The number of carboxylic acids is 1. The lowest BCUT2D eigenvalue weighted by Gasteiger charge is -2.17. The molecule has 2 aromatic carbocycles. The molecule has 12 heteroatoms. The minimum atomic E-state index is -1.03. The molecule has 2 aromatic heterocycles. The normalized spacial score (nSPS) is 11.0. The Hall–Kier alpha value is -4.97. The molecule has 0 aliphatic carbocycles. The van der Waals surface area contributed by atoms with E-state index in [1.165, 1.54) is 28.4 Å². The van der Waals surface area contributed by atoms with Crippen molar-refractivity contribution >= 4 is 58.6 Å². The summed E-state index contributed by atoms with van der Waals surface area (Å²) in [5.41, 5.74) is 2.28. The fourth-order valence-corrected chi connectivity index (χ4v) is 4.88. The van der Waals surface area contributed by atoms with Crippen LogP contribution in [0.4, 0.5) is 4.79 Å². The first kappa shape index (κ1) is 29.0. The van der Waals surface area contributed by atoms with E-state index in [0.717, 1.165) is 15.5 Å². The SMILES string of the molecule is CNC(=O)c1ccccc1Sc1ccc2c(/C=C/c3ccccn3)nn(C(=O)N(C)CC(=O)NCCC(=O)O)c2c1. The van der Waals surface area contributed by atoms with Crippen LogP contribution in [0, 0.1) is 0 Å². The molecule has 0 atom stereocenters. The van der Waals surface area contributed by atoms with Crippen molar-refractivity contribution in [2.24, 2.45) is 0 Å². The molecule has 210 valence electrons. The number of fused-ring (bicyclic) bond motifs is 1. The van der Waals surface area contributed by atoms with Crippen LogP contribution >= 0.6 is 11.8 Å². The van der Waals surface area contributed by atoms with E-state index in [4.69, 9.17) is 5.11 Å². The summed E-state index contributed by atoms with van der Waals surface area (Å²) < 4.78 is 1.23. The van der Waals surface area contributed by atoms with Gasteiger partial charge in [-0.1, -0.05) is 30.0 Å². The van der Waals surface area contributed by atoms with Crippen molar-refractivity contribution in [3.8, 4) is 0 Å². The standard InChI is InChI=1S/C29H28N6O5S/c1-30-28(39)22-8-3-4-9-25(22)41-20-11-12-21-23(13-10-19-7-5-6-15-31-19)33-35(24(21)17-20)29(40)34(2)18-26(36)32-16-14-27(37)38/h3-13,15,17H,14,16,18H2,1-2H3,(H,30,39)(H,32,36)(H,37,38)/b13-10+. The fraction of sp³-hybridized carbons (Fsp3) is 0.172. The number of pyridine rings is 1. The number of carboxylic acid groups (broad SMARTS) is 1. The quantitative estimate of drug-likeness (QED) is 0.261. The molecule has 3 amide bonds. The number of carbonyl (C=O) groups is 4. The Kier molecular flexibility index (Phi) is 9.48. The average Bonchev–Trinajstić information content (AvgIpc) is 3.33. The van der Waals surface area contributed by atoms with Gasteiger partial charge in [0.25, 0.3) is 5.91 Å². The fourth-order valence-electron chi connectivity index (χ4n) is 3.90. The number of benzene rings is 2. The van der Waals surface area contributed by atoms with Crippen LogP contribution in [0.3, 0.4) is 0 Å². The summed E-state index contributed by atoms with van der Waals surface area (Å²) in [5, 5.41) is 19.2. The summed E-state index contributed by atoms with van der Waals surface area (Å²) in [6.45, 7) is -0.325. The van der Waals surface area contributed by atoms with Gasteiger partial charge in [0.15, 0.2) is 0 Å².